The van der Waals surface area contributed by atoms with E-state index in [0.29, 0.717) is 35.8 Å². The highest BCUT2D eigenvalue weighted by molar-refractivity contribution is 6.30. The van der Waals surface area contributed by atoms with Crippen molar-refractivity contribution in [3.63, 3.8) is 0 Å². The van der Waals surface area contributed by atoms with Crippen LogP contribution in [0.1, 0.15) is 16.8 Å². The van der Waals surface area contributed by atoms with E-state index in [0.717, 1.165) is 16.5 Å². The fourth-order valence-corrected chi connectivity index (χ4v) is 3.68. The first-order chi connectivity index (χ1) is 16.1. The first-order valence-corrected chi connectivity index (χ1v) is 11.1. The van der Waals surface area contributed by atoms with Gasteiger partial charge in [-0.3, -0.25) is 9.69 Å². The lowest BCUT2D eigenvalue weighted by Gasteiger charge is -2.23. The summed E-state index contributed by atoms with van der Waals surface area (Å²) in [6, 6.07) is 29.8. The number of benzene rings is 4. The Hall–Kier alpha value is -3.83. The fraction of sp³-hybridized carbons (Fsp3) is 0.111. The van der Waals surface area contributed by atoms with Crippen LogP contribution in [0.25, 0.3) is 10.8 Å². The second-order valence-electron chi connectivity index (χ2n) is 7.60. The Bertz CT molecular complexity index is 1240. The molecule has 0 atom stereocenters. The normalized spacial score (nSPS) is 10.6. The number of carbonyl (C=O) groups is 2. The second-order valence-corrected chi connectivity index (χ2v) is 8.03. The Balaban J connectivity index is 1.36. The predicted octanol–water partition coefficient (Wildman–Crippen LogP) is 6.35. The number of hydrogen-bond acceptors (Lipinski definition) is 2. The molecule has 5 nitrogen and oxygen atoms in total. The van der Waals surface area contributed by atoms with E-state index in [1.54, 1.807) is 29.2 Å². The van der Waals surface area contributed by atoms with Crippen molar-refractivity contribution in [2.24, 2.45) is 0 Å². The molecule has 0 aliphatic rings. The topological polar surface area (TPSA) is 61.4 Å². The van der Waals surface area contributed by atoms with Gasteiger partial charge in [-0.05, 0) is 65.7 Å². The van der Waals surface area contributed by atoms with Gasteiger partial charge in [0.25, 0.3) is 5.91 Å². The van der Waals surface area contributed by atoms with Gasteiger partial charge >= 0.3 is 6.03 Å². The van der Waals surface area contributed by atoms with Crippen LogP contribution in [-0.4, -0.2) is 25.0 Å². The summed E-state index contributed by atoms with van der Waals surface area (Å²) in [6.45, 7) is 0.894. The molecule has 4 aromatic rings. The van der Waals surface area contributed by atoms with E-state index in [-0.39, 0.29) is 11.9 Å². The highest BCUT2D eigenvalue weighted by atomic mass is 35.5. The lowest BCUT2D eigenvalue weighted by Crippen LogP contribution is -2.37. The van der Waals surface area contributed by atoms with Gasteiger partial charge in [-0.2, -0.15) is 0 Å². The number of anilines is 2. The molecular formula is C27H24ClN3O2. The van der Waals surface area contributed by atoms with Crippen LogP contribution in [-0.2, 0) is 0 Å². The molecule has 0 aliphatic carbocycles. The third kappa shape index (κ3) is 5.90. The van der Waals surface area contributed by atoms with Crippen molar-refractivity contribution in [3.8, 4) is 0 Å². The van der Waals surface area contributed by atoms with Crippen molar-refractivity contribution in [2.75, 3.05) is 23.3 Å². The number of para-hydroxylation sites is 1. The van der Waals surface area contributed by atoms with Crippen LogP contribution in [0.3, 0.4) is 0 Å². The maximum absolute atomic E-state index is 13.0. The average Bonchev–Trinajstić information content (AvgIpc) is 2.85. The van der Waals surface area contributed by atoms with Gasteiger partial charge in [-0.25, -0.2) is 4.79 Å². The zero-order chi connectivity index (χ0) is 23.0. The Morgan fingerprint density at radius 1 is 0.788 bits per heavy atom. The van der Waals surface area contributed by atoms with E-state index in [1.807, 2.05) is 72.8 Å². The standard InChI is InChI=1S/C27H24ClN3O2/c28-23-13-15-24(16-14-23)30-27(33)31(25-9-2-1-3-10-25)18-6-17-29-26(32)22-12-11-20-7-4-5-8-21(20)19-22/h1-5,7-16,19H,6,17-18H2,(H,29,32)(H,30,33). The van der Waals surface area contributed by atoms with Gasteiger partial charge in [0, 0.05) is 35.1 Å². The summed E-state index contributed by atoms with van der Waals surface area (Å²) in [7, 11) is 0. The molecule has 0 saturated carbocycles. The van der Waals surface area contributed by atoms with Crippen molar-refractivity contribution < 1.29 is 9.59 Å². The summed E-state index contributed by atoms with van der Waals surface area (Å²) in [5.41, 5.74) is 2.06. The van der Waals surface area contributed by atoms with Crippen LogP contribution in [0.4, 0.5) is 16.2 Å². The summed E-state index contributed by atoms with van der Waals surface area (Å²) < 4.78 is 0. The van der Waals surface area contributed by atoms with Gasteiger partial charge < -0.3 is 10.6 Å². The smallest absolute Gasteiger partial charge is 0.326 e. The Morgan fingerprint density at radius 3 is 2.24 bits per heavy atom. The number of amides is 3. The van der Waals surface area contributed by atoms with Crippen molar-refractivity contribution in [3.05, 3.63) is 108 Å². The Morgan fingerprint density at radius 2 is 1.48 bits per heavy atom. The van der Waals surface area contributed by atoms with Gasteiger partial charge in [-0.15, -0.1) is 0 Å². The van der Waals surface area contributed by atoms with E-state index < -0.39 is 0 Å². The van der Waals surface area contributed by atoms with Crippen LogP contribution in [0.5, 0.6) is 0 Å². The fourth-order valence-electron chi connectivity index (χ4n) is 3.55. The van der Waals surface area contributed by atoms with Gasteiger partial charge in [0.05, 0.1) is 0 Å². The van der Waals surface area contributed by atoms with Gasteiger partial charge in [0.1, 0.15) is 0 Å². The zero-order valence-electron chi connectivity index (χ0n) is 18.0. The average molecular weight is 458 g/mol. The highest BCUT2D eigenvalue weighted by Gasteiger charge is 2.16. The van der Waals surface area contributed by atoms with Gasteiger partial charge in [0.2, 0.25) is 0 Å². The molecule has 0 aromatic heterocycles. The molecule has 0 aliphatic heterocycles. The van der Waals surface area contributed by atoms with E-state index in [2.05, 4.69) is 10.6 Å². The van der Waals surface area contributed by atoms with Crippen LogP contribution in [0.15, 0.2) is 97.1 Å². The number of hydrogen-bond donors (Lipinski definition) is 2. The van der Waals surface area contributed by atoms with Crippen molar-refractivity contribution >= 4 is 45.7 Å². The van der Waals surface area contributed by atoms with Crippen LogP contribution >= 0.6 is 11.6 Å². The third-order valence-corrected chi connectivity index (χ3v) is 5.52. The number of urea groups is 1. The lowest BCUT2D eigenvalue weighted by molar-refractivity contribution is 0.0953. The number of nitrogens with one attached hydrogen (secondary N) is 2. The van der Waals surface area contributed by atoms with Crippen LogP contribution in [0.2, 0.25) is 5.02 Å². The number of rotatable bonds is 7. The number of fused-ring (bicyclic) bond motifs is 1. The molecule has 166 valence electrons. The van der Waals surface area contributed by atoms with Crippen molar-refractivity contribution in [1.29, 1.82) is 0 Å². The molecule has 0 radical (unpaired) electrons. The molecule has 0 bridgehead atoms. The van der Waals surface area contributed by atoms with Crippen molar-refractivity contribution in [1.82, 2.24) is 5.32 Å². The van der Waals surface area contributed by atoms with Gasteiger partial charge in [0.15, 0.2) is 0 Å². The quantitative estimate of drug-likeness (QED) is 0.317. The van der Waals surface area contributed by atoms with E-state index in [1.165, 1.54) is 0 Å². The molecule has 3 amide bonds. The minimum atomic E-state index is -0.246. The molecule has 0 heterocycles. The number of nitrogens with zero attached hydrogens (tertiary/aromatic N) is 1. The zero-order valence-corrected chi connectivity index (χ0v) is 18.8. The van der Waals surface area contributed by atoms with Crippen LogP contribution in [0, 0.1) is 0 Å². The van der Waals surface area contributed by atoms with E-state index in [4.69, 9.17) is 11.6 Å². The predicted molar refractivity (Wildman–Crippen MR) is 135 cm³/mol. The Kier molecular flexibility index (Phi) is 7.22. The molecule has 0 fully saturated rings. The maximum Gasteiger partial charge on any atom is 0.326 e. The number of carbonyl (C=O) groups excluding carboxylic acids is 2. The number of halogens is 1. The van der Waals surface area contributed by atoms with Gasteiger partial charge in [-0.1, -0.05) is 60.1 Å². The molecule has 33 heavy (non-hydrogen) atoms. The molecule has 6 heteroatoms. The summed E-state index contributed by atoms with van der Waals surface area (Å²) in [6.07, 6.45) is 0.599. The third-order valence-electron chi connectivity index (χ3n) is 5.26. The largest absolute Gasteiger partial charge is 0.352 e. The second kappa shape index (κ2) is 10.7. The minimum Gasteiger partial charge on any atom is -0.352 e. The minimum absolute atomic E-state index is 0.127. The molecule has 0 saturated heterocycles. The maximum atomic E-state index is 13.0. The lowest BCUT2D eigenvalue weighted by atomic mass is 10.1. The molecule has 4 aromatic carbocycles. The van der Waals surface area contributed by atoms with E-state index in [9.17, 15) is 9.59 Å². The first kappa shape index (κ1) is 22.4. The highest BCUT2D eigenvalue weighted by Crippen LogP contribution is 2.18. The monoisotopic (exact) mass is 457 g/mol. The summed E-state index contributed by atoms with van der Waals surface area (Å²) in [4.78, 5) is 27.2. The molecule has 0 spiro atoms. The molecule has 0 unspecified atom stereocenters. The molecule has 2 N–H and O–H groups in total. The summed E-state index contributed by atoms with van der Waals surface area (Å²) in [5, 5.41) is 8.58. The first-order valence-electron chi connectivity index (χ1n) is 10.8. The van der Waals surface area contributed by atoms with E-state index >= 15 is 0 Å². The van der Waals surface area contributed by atoms with Crippen LogP contribution < -0.4 is 15.5 Å². The SMILES string of the molecule is O=C(NCCCN(C(=O)Nc1ccc(Cl)cc1)c1ccccc1)c1ccc2ccccc2c1. The molecular weight excluding hydrogens is 434 g/mol. The summed E-state index contributed by atoms with van der Waals surface area (Å²) in [5.74, 6) is -0.127. The Labute approximate surface area is 198 Å². The summed E-state index contributed by atoms with van der Waals surface area (Å²) >= 11 is 5.93. The van der Waals surface area contributed by atoms with Crippen molar-refractivity contribution in [2.45, 2.75) is 6.42 Å². The molecule has 4 rings (SSSR count).